The van der Waals surface area contributed by atoms with E-state index in [1.807, 2.05) is 25.1 Å². The Morgan fingerprint density at radius 1 is 1.14 bits per heavy atom. The highest BCUT2D eigenvalue weighted by atomic mass is 19.1. The summed E-state index contributed by atoms with van der Waals surface area (Å²) in [6.45, 7) is 1.56. The number of ether oxygens (including phenoxy) is 2. The van der Waals surface area contributed by atoms with Gasteiger partial charge in [0.25, 0.3) is 5.91 Å². The second-order valence-electron chi connectivity index (χ2n) is 6.87. The number of amides is 1. The van der Waals surface area contributed by atoms with Crippen molar-refractivity contribution in [2.24, 2.45) is 0 Å². The summed E-state index contributed by atoms with van der Waals surface area (Å²) in [4.78, 5) is 18.5. The van der Waals surface area contributed by atoms with Crippen LogP contribution in [0.25, 0.3) is 10.8 Å². The van der Waals surface area contributed by atoms with E-state index in [9.17, 15) is 9.18 Å². The molecule has 1 amide bonds. The maximum absolute atomic E-state index is 14.3. The molecule has 0 radical (unpaired) electrons. The van der Waals surface area contributed by atoms with Crippen LogP contribution in [0.5, 0.6) is 11.5 Å². The molecule has 6 nitrogen and oxygen atoms in total. The summed E-state index contributed by atoms with van der Waals surface area (Å²) in [5.41, 5.74) is 0.819. The van der Waals surface area contributed by atoms with Crippen LogP contribution in [0.1, 0.15) is 15.9 Å². The molecule has 7 heteroatoms. The van der Waals surface area contributed by atoms with Crippen LogP contribution in [-0.4, -0.2) is 50.1 Å². The van der Waals surface area contributed by atoms with Gasteiger partial charge in [0.1, 0.15) is 12.4 Å². The molecular weight excluding hydrogens is 373 g/mol. The first-order valence-corrected chi connectivity index (χ1v) is 9.24. The molecule has 1 heterocycles. The van der Waals surface area contributed by atoms with Crippen LogP contribution in [0.3, 0.4) is 0 Å². The number of halogens is 1. The first-order valence-electron chi connectivity index (χ1n) is 9.24. The van der Waals surface area contributed by atoms with Crippen molar-refractivity contribution in [2.45, 2.75) is 6.54 Å². The number of fused-ring (bicyclic) bond motifs is 1. The largest absolute Gasteiger partial charge is 0.493 e. The van der Waals surface area contributed by atoms with Gasteiger partial charge in [-0.1, -0.05) is 6.07 Å². The van der Waals surface area contributed by atoms with Crippen molar-refractivity contribution < 1.29 is 18.7 Å². The molecule has 0 atom stereocenters. The van der Waals surface area contributed by atoms with Crippen LogP contribution >= 0.6 is 0 Å². The molecule has 3 aromatic rings. The number of methoxy groups -OCH3 is 1. The summed E-state index contributed by atoms with van der Waals surface area (Å²) in [5, 5.41) is 4.16. The van der Waals surface area contributed by atoms with E-state index in [2.05, 4.69) is 10.3 Å². The predicted octanol–water partition coefficient (Wildman–Crippen LogP) is 3.25. The number of benzene rings is 2. The normalized spacial score (nSPS) is 10.9. The van der Waals surface area contributed by atoms with E-state index in [0.29, 0.717) is 23.5 Å². The molecule has 152 valence electrons. The van der Waals surface area contributed by atoms with Gasteiger partial charge in [-0.05, 0) is 55.4 Å². The molecule has 29 heavy (non-hydrogen) atoms. The van der Waals surface area contributed by atoms with E-state index in [-0.39, 0.29) is 12.1 Å². The third-order valence-corrected chi connectivity index (χ3v) is 4.45. The van der Waals surface area contributed by atoms with E-state index in [1.165, 1.54) is 12.1 Å². The standard InChI is InChI=1S/C22H24FN3O3/c1-26(2)8-9-29-20-5-4-15(10-21(20)28-3)13-25-22(27)18-11-16-6-7-24-14-17(16)12-19(18)23/h4-7,10-12,14H,8-9,13H2,1-3H3,(H,25,27). The maximum Gasteiger partial charge on any atom is 0.254 e. The van der Waals surface area contributed by atoms with Crippen molar-refractivity contribution in [2.75, 3.05) is 34.4 Å². The smallest absolute Gasteiger partial charge is 0.254 e. The summed E-state index contributed by atoms with van der Waals surface area (Å²) < 4.78 is 25.4. The topological polar surface area (TPSA) is 63.7 Å². The highest BCUT2D eigenvalue weighted by Gasteiger charge is 2.14. The fourth-order valence-corrected chi connectivity index (χ4v) is 2.84. The molecule has 0 aliphatic heterocycles. The Morgan fingerprint density at radius 3 is 2.72 bits per heavy atom. The lowest BCUT2D eigenvalue weighted by molar-refractivity contribution is 0.0947. The molecule has 0 unspecified atom stereocenters. The van der Waals surface area contributed by atoms with Crippen LogP contribution in [-0.2, 0) is 6.54 Å². The zero-order valence-corrected chi connectivity index (χ0v) is 16.7. The van der Waals surface area contributed by atoms with Gasteiger partial charge in [-0.2, -0.15) is 0 Å². The zero-order valence-electron chi connectivity index (χ0n) is 16.7. The van der Waals surface area contributed by atoms with Crippen molar-refractivity contribution in [1.82, 2.24) is 15.2 Å². The molecule has 3 rings (SSSR count). The van der Waals surface area contributed by atoms with Gasteiger partial charge < -0.3 is 19.7 Å². The third-order valence-electron chi connectivity index (χ3n) is 4.45. The molecular formula is C22H24FN3O3. The third kappa shape index (κ3) is 5.20. The Hall–Kier alpha value is -3.19. The molecule has 2 aromatic carbocycles. The second-order valence-corrected chi connectivity index (χ2v) is 6.87. The minimum atomic E-state index is -0.578. The van der Waals surface area contributed by atoms with Crippen LogP contribution in [0.2, 0.25) is 0 Å². The average Bonchev–Trinajstić information content (AvgIpc) is 2.71. The van der Waals surface area contributed by atoms with E-state index in [1.54, 1.807) is 37.7 Å². The van der Waals surface area contributed by atoms with Gasteiger partial charge in [-0.3, -0.25) is 9.78 Å². The number of nitrogens with one attached hydrogen (secondary N) is 1. The monoisotopic (exact) mass is 397 g/mol. The number of carbonyl (C=O) groups excluding carboxylic acids is 1. The average molecular weight is 397 g/mol. The highest BCUT2D eigenvalue weighted by Crippen LogP contribution is 2.28. The first kappa shape index (κ1) is 20.5. The van der Waals surface area contributed by atoms with Crippen LogP contribution in [0.15, 0.2) is 48.8 Å². The number of hydrogen-bond acceptors (Lipinski definition) is 5. The number of likely N-dealkylation sites (N-methyl/N-ethyl adjacent to an activating group) is 1. The number of hydrogen-bond donors (Lipinski definition) is 1. The van der Waals surface area contributed by atoms with Gasteiger partial charge in [0.2, 0.25) is 0 Å². The Balaban J connectivity index is 1.67. The van der Waals surface area contributed by atoms with Gasteiger partial charge in [0, 0.05) is 30.9 Å². The summed E-state index contributed by atoms with van der Waals surface area (Å²) in [5.74, 6) is 0.162. The Bertz CT molecular complexity index is 1010. The first-order chi connectivity index (χ1) is 14.0. The lowest BCUT2D eigenvalue weighted by Gasteiger charge is -2.14. The second kappa shape index (κ2) is 9.34. The van der Waals surface area contributed by atoms with Gasteiger partial charge >= 0.3 is 0 Å². The van der Waals surface area contributed by atoms with Crippen LogP contribution < -0.4 is 14.8 Å². The van der Waals surface area contributed by atoms with E-state index in [0.717, 1.165) is 17.5 Å². The molecule has 0 saturated heterocycles. The molecule has 0 fully saturated rings. The van der Waals surface area contributed by atoms with Gasteiger partial charge in [0.05, 0.1) is 12.7 Å². The number of rotatable bonds is 8. The van der Waals surface area contributed by atoms with Gasteiger partial charge in [-0.15, -0.1) is 0 Å². The fraction of sp³-hybridized carbons (Fsp3) is 0.273. The Kier molecular flexibility index (Phi) is 6.61. The summed E-state index contributed by atoms with van der Waals surface area (Å²) in [6.07, 6.45) is 3.17. The Morgan fingerprint density at radius 2 is 1.97 bits per heavy atom. The van der Waals surface area contributed by atoms with Crippen molar-refractivity contribution in [1.29, 1.82) is 0 Å². The van der Waals surface area contributed by atoms with E-state index in [4.69, 9.17) is 9.47 Å². The van der Waals surface area contributed by atoms with E-state index < -0.39 is 11.7 Å². The molecule has 0 saturated carbocycles. The van der Waals surface area contributed by atoms with Crippen molar-refractivity contribution in [3.8, 4) is 11.5 Å². The molecule has 0 aliphatic carbocycles. The van der Waals surface area contributed by atoms with E-state index >= 15 is 0 Å². The molecule has 0 spiro atoms. The summed E-state index contributed by atoms with van der Waals surface area (Å²) >= 11 is 0. The molecule has 0 aliphatic rings. The Labute approximate surface area is 169 Å². The quantitative estimate of drug-likeness (QED) is 0.632. The molecule has 1 aromatic heterocycles. The van der Waals surface area contributed by atoms with Crippen molar-refractivity contribution >= 4 is 16.7 Å². The van der Waals surface area contributed by atoms with Crippen LogP contribution in [0, 0.1) is 5.82 Å². The minimum Gasteiger partial charge on any atom is -0.493 e. The predicted molar refractivity (Wildman–Crippen MR) is 110 cm³/mol. The number of carbonyl (C=O) groups is 1. The zero-order chi connectivity index (χ0) is 20.8. The maximum atomic E-state index is 14.3. The number of pyridine rings is 1. The van der Waals surface area contributed by atoms with Gasteiger partial charge in [-0.25, -0.2) is 4.39 Å². The summed E-state index contributed by atoms with van der Waals surface area (Å²) in [6, 6.07) is 10.0. The summed E-state index contributed by atoms with van der Waals surface area (Å²) in [7, 11) is 5.51. The number of aromatic nitrogens is 1. The fourth-order valence-electron chi connectivity index (χ4n) is 2.84. The number of nitrogens with zero attached hydrogens (tertiary/aromatic N) is 2. The lowest BCUT2D eigenvalue weighted by Crippen LogP contribution is -2.24. The molecule has 0 bridgehead atoms. The SMILES string of the molecule is COc1cc(CNC(=O)c2cc3ccncc3cc2F)ccc1OCCN(C)C. The van der Waals surface area contributed by atoms with Crippen molar-refractivity contribution in [3.05, 3.63) is 65.7 Å². The highest BCUT2D eigenvalue weighted by molar-refractivity contribution is 5.98. The minimum absolute atomic E-state index is 0.000645. The lowest BCUT2D eigenvalue weighted by atomic mass is 10.1. The van der Waals surface area contributed by atoms with Gasteiger partial charge in [0.15, 0.2) is 11.5 Å². The molecule has 1 N–H and O–H groups in total. The van der Waals surface area contributed by atoms with Crippen molar-refractivity contribution in [3.63, 3.8) is 0 Å². The van der Waals surface area contributed by atoms with Crippen LogP contribution in [0.4, 0.5) is 4.39 Å².